The molecule has 23 heavy (non-hydrogen) atoms. The highest BCUT2D eigenvalue weighted by atomic mass is 35.5. The summed E-state index contributed by atoms with van der Waals surface area (Å²) in [7, 11) is 0. The van der Waals surface area contributed by atoms with Crippen LogP contribution < -0.4 is 10.6 Å². The van der Waals surface area contributed by atoms with Gasteiger partial charge in [0.05, 0.1) is 5.02 Å². The zero-order valence-electron chi connectivity index (χ0n) is 12.6. The third-order valence-corrected chi connectivity index (χ3v) is 4.07. The number of carbonyl (C=O) groups is 1. The van der Waals surface area contributed by atoms with Crippen LogP contribution >= 0.6 is 23.2 Å². The predicted octanol–water partition coefficient (Wildman–Crippen LogP) is 4.59. The summed E-state index contributed by atoms with van der Waals surface area (Å²) in [6.07, 6.45) is 0.543. The lowest BCUT2D eigenvalue weighted by Crippen LogP contribution is -2.20. The number of halogens is 3. The lowest BCUT2D eigenvalue weighted by molar-refractivity contribution is -0.105. The molecule has 0 bridgehead atoms. The van der Waals surface area contributed by atoms with Gasteiger partial charge in [0.2, 0.25) is 6.41 Å². The molecule has 2 aromatic carbocycles. The number of hydrogen-bond acceptors (Lipinski definition) is 2. The topological polar surface area (TPSA) is 41.1 Å². The van der Waals surface area contributed by atoms with E-state index in [1.54, 1.807) is 0 Å². The highest BCUT2D eigenvalue weighted by Crippen LogP contribution is 2.24. The second kappa shape index (κ2) is 8.29. The van der Waals surface area contributed by atoms with Gasteiger partial charge in [-0.2, -0.15) is 0 Å². The van der Waals surface area contributed by atoms with E-state index in [0.717, 1.165) is 5.56 Å². The summed E-state index contributed by atoms with van der Waals surface area (Å²) in [5.74, 6) is -0.267. The van der Waals surface area contributed by atoms with Crippen molar-refractivity contribution in [1.82, 2.24) is 5.32 Å². The van der Waals surface area contributed by atoms with Gasteiger partial charge in [-0.1, -0.05) is 42.3 Å². The minimum Gasteiger partial charge on any atom is -0.328 e. The third kappa shape index (κ3) is 4.93. The Bertz CT molecular complexity index is 694. The average Bonchev–Trinajstić information content (AvgIpc) is 2.52. The van der Waals surface area contributed by atoms with Crippen molar-refractivity contribution < 1.29 is 9.18 Å². The molecule has 6 heteroatoms. The van der Waals surface area contributed by atoms with Crippen molar-refractivity contribution in [2.75, 3.05) is 11.9 Å². The molecule has 0 spiro atoms. The Hall–Kier alpha value is -1.62. The van der Waals surface area contributed by atoms with E-state index in [0.29, 0.717) is 35.8 Å². The summed E-state index contributed by atoms with van der Waals surface area (Å²) in [6, 6.07) is 10.4. The molecule has 1 amide bonds. The highest BCUT2D eigenvalue weighted by Gasteiger charge is 2.10. The van der Waals surface area contributed by atoms with Crippen LogP contribution in [0.5, 0.6) is 0 Å². The van der Waals surface area contributed by atoms with Crippen molar-refractivity contribution in [1.29, 1.82) is 0 Å². The summed E-state index contributed by atoms with van der Waals surface area (Å²) in [4.78, 5) is 10.6. The first-order valence-corrected chi connectivity index (χ1v) is 7.91. The number of anilines is 1. The summed E-state index contributed by atoms with van der Waals surface area (Å²) >= 11 is 11.7. The molecule has 2 aromatic rings. The van der Waals surface area contributed by atoms with Gasteiger partial charge in [-0.25, -0.2) is 4.39 Å². The van der Waals surface area contributed by atoms with Gasteiger partial charge in [0.25, 0.3) is 0 Å². The van der Waals surface area contributed by atoms with E-state index in [4.69, 9.17) is 23.2 Å². The SMILES string of the molecule is C[C@H](CNCc1cc(F)c(Cl)cc1NC=O)c1cccc(Cl)c1. The number of benzene rings is 2. The van der Waals surface area contributed by atoms with Crippen LogP contribution in [0.2, 0.25) is 10.0 Å². The van der Waals surface area contributed by atoms with Gasteiger partial charge >= 0.3 is 0 Å². The molecule has 0 saturated heterocycles. The van der Waals surface area contributed by atoms with Crippen molar-refractivity contribution in [2.24, 2.45) is 0 Å². The number of nitrogens with one attached hydrogen (secondary N) is 2. The quantitative estimate of drug-likeness (QED) is 0.713. The summed E-state index contributed by atoms with van der Waals surface area (Å²) in [5.41, 5.74) is 2.25. The third-order valence-electron chi connectivity index (χ3n) is 3.54. The fraction of sp³-hybridized carbons (Fsp3) is 0.235. The maximum Gasteiger partial charge on any atom is 0.211 e. The second-order valence-corrected chi connectivity index (χ2v) is 6.12. The molecule has 0 aliphatic rings. The first kappa shape index (κ1) is 17.7. The van der Waals surface area contributed by atoms with Crippen molar-refractivity contribution in [3.8, 4) is 0 Å². The maximum absolute atomic E-state index is 13.6. The van der Waals surface area contributed by atoms with Crippen molar-refractivity contribution >= 4 is 35.3 Å². The fourth-order valence-corrected chi connectivity index (χ4v) is 2.65. The Morgan fingerprint density at radius 1 is 1.26 bits per heavy atom. The standard InChI is InChI=1S/C17H17Cl2FN2O/c1-11(12-3-2-4-14(18)5-12)8-21-9-13-6-16(20)15(19)7-17(13)22-10-23/h2-7,10-11,21H,8-9H2,1H3,(H,22,23)/t11-/m1/s1. The molecule has 0 radical (unpaired) electrons. The van der Waals surface area contributed by atoms with Gasteiger partial charge in [0.1, 0.15) is 5.82 Å². The number of rotatable bonds is 7. The molecule has 0 saturated carbocycles. The molecule has 2 rings (SSSR count). The lowest BCUT2D eigenvalue weighted by Gasteiger charge is -2.15. The Balaban J connectivity index is 2.00. The largest absolute Gasteiger partial charge is 0.328 e. The van der Waals surface area contributed by atoms with Crippen LogP contribution in [0.25, 0.3) is 0 Å². The van der Waals surface area contributed by atoms with E-state index in [9.17, 15) is 9.18 Å². The molecule has 0 fully saturated rings. The molecule has 0 aliphatic heterocycles. The van der Waals surface area contributed by atoms with E-state index in [-0.39, 0.29) is 10.9 Å². The Morgan fingerprint density at radius 2 is 2.04 bits per heavy atom. The zero-order chi connectivity index (χ0) is 16.8. The number of amides is 1. The minimum atomic E-state index is -0.511. The van der Waals surface area contributed by atoms with Crippen molar-refractivity contribution in [2.45, 2.75) is 19.4 Å². The first-order valence-electron chi connectivity index (χ1n) is 7.15. The molecule has 3 nitrogen and oxygen atoms in total. The molecule has 1 atom stereocenters. The molecule has 122 valence electrons. The van der Waals surface area contributed by atoms with Crippen LogP contribution in [0.15, 0.2) is 36.4 Å². The molecule has 0 heterocycles. The van der Waals surface area contributed by atoms with E-state index in [1.165, 1.54) is 12.1 Å². The highest BCUT2D eigenvalue weighted by molar-refractivity contribution is 6.31. The van der Waals surface area contributed by atoms with E-state index >= 15 is 0 Å². The predicted molar refractivity (Wildman–Crippen MR) is 92.7 cm³/mol. The van der Waals surface area contributed by atoms with Crippen LogP contribution in [0.1, 0.15) is 24.0 Å². The van der Waals surface area contributed by atoms with Gasteiger partial charge in [0.15, 0.2) is 0 Å². The number of hydrogen-bond donors (Lipinski definition) is 2. The normalized spacial score (nSPS) is 12.0. The Kier molecular flexibility index (Phi) is 6.39. The van der Waals surface area contributed by atoms with Crippen LogP contribution in [-0.4, -0.2) is 13.0 Å². The Labute approximate surface area is 144 Å². The molecular weight excluding hydrogens is 338 g/mol. The fourth-order valence-electron chi connectivity index (χ4n) is 2.29. The first-order chi connectivity index (χ1) is 11.0. The zero-order valence-corrected chi connectivity index (χ0v) is 14.1. The van der Waals surface area contributed by atoms with Crippen molar-refractivity contribution in [3.63, 3.8) is 0 Å². The molecule has 0 unspecified atom stereocenters. The van der Waals surface area contributed by atoms with Crippen LogP contribution in [-0.2, 0) is 11.3 Å². The average molecular weight is 355 g/mol. The summed E-state index contributed by atoms with van der Waals surface area (Å²) in [6.45, 7) is 3.17. The Morgan fingerprint density at radius 3 is 2.74 bits per heavy atom. The lowest BCUT2D eigenvalue weighted by atomic mass is 10.0. The summed E-state index contributed by atoms with van der Waals surface area (Å²) < 4.78 is 13.6. The van der Waals surface area contributed by atoms with Crippen LogP contribution in [0, 0.1) is 5.82 Å². The smallest absolute Gasteiger partial charge is 0.211 e. The molecular formula is C17H17Cl2FN2O. The minimum absolute atomic E-state index is 0.0228. The van der Waals surface area contributed by atoms with Gasteiger partial charge in [0, 0.05) is 23.8 Å². The van der Waals surface area contributed by atoms with Crippen LogP contribution in [0.4, 0.5) is 10.1 Å². The summed E-state index contributed by atoms with van der Waals surface area (Å²) in [5, 5.41) is 6.47. The second-order valence-electron chi connectivity index (χ2n) is 5.27. The van der Waals surface area contributed by atoms with Gasteiger partial charge in [-0.15, -0.1) is 0 Å². The van der Waals surface area contributed by atoms with E-state index < -0.39 is 5.82 Å². The van der Waals surface area contributed by atoms with Crippen molar-refractivity contribution in [3.05, 3.63) is 63.4 Å². The molecule has 0 aliphatic carbocycles. The van der Waals surface area contributed by atoms with Gasteiger partial charge < -0.3 is 10.6 Å². The maximum atomic E-state index is 13.6. The molecule has 0 aromatic heterocycles. The molecule has 2 N–H and O–H groups in total. The monoisotopic (exact) mass is 354 g/mol. The number of carbonyl (C=O) groups excluding carboxylic acids is 1. The van der Waals surface area contributed by atoms with E-state index in [2.05, 4.69) is 17.6 Å². The van der Waals surface area contributed by atoms with Gasteiger partial charge in [-0.3, -0.25) is 4.79 Å². The van der Waals surface area contributed by atoms with E-state index in [1.807, 2.05) is 24.3 Å². The van der Waals surface area contributed by atoms with Crippen LogP contribution in [0.3, 0.4) is 0 Å². The van der Waals surface area contributed by atoms with Gasteiger partial charge in [-0.05, 0) is 41.3 Å².